The van der Waals surface area contributed by atoms with Crippen LogP contribution in [0, 0.1) is 0 Å². The maximum atomic E-state index is 15.5. The lowest BCUT2D eigenvalue weighted by Crippen LogP contribution is -2.55. The fraction of sp³-hybridized carbons (Fsp3) is 0.237. The standard InChI is InChI=1S/C59H59N3O6/c1-3-66-56(67-4-2)41-62(39-38-48(43-24-10-5-11-25-43)44-26-12-6-13-27-44)57(64)54(60-58(65)68-42-53-51-36-22-20-34-49(51)50-35-21-23-37-52(50)53)40-55(63)61-59(45-28-14-7-15-29-45,46-30-16-8-17-31-46)47-32-18-9-19-33-47/h5-37,48,53-54,56H,3-4,38-42H2,1-2H3,(H,60,65)(H,61,63)/t54-/m0/s1. The molecule has 68 heavy (non-hydrogen) atoms. The van der Waals surface area contributed by atoms with Gasteiger partial charge < -0.3 is 29.7 Å². The van der Waals surface area contributed by atoms with Gasteiger partial charge in [-0.15, -0.1) is 0 Å². The van der Waals surface area contributed by atoms with E-state index < -0.39 is 42.2 Å². The number of carbonyl (C=O) groups is 3. The third-order valence-electron chi connectivity index (χ3n) is 12.7. The quantitative estimate of drug-likeness (QED) is 0.0550. The molecule has 0 saturated carbocycles. The molecule has 346 valence electrons. The second-order valence-electron chi connectivity index (χ2n) is 16.9. The van der Waals surface area contributed by atoms with Crippen LogP contribution in [0.5, 0.6) is 0 Å². The van der Waals surface area contributed by atoms with E-state index in [-0.39, 0.29) is 31.5 Å². The highest BCUT2D eigenvalue weighted by Crippen LogP contribution is 2.44. The lowest BCUT2D eigenvalue weighted by molar-refractivity contribution is -0.160. The van der Waals surface area contributed by atoms with E-state index in [0.29, 0.717) is 19.6 Å². The molecule has 0 radical (unpaired) electrons. The van der Waals surface area contributed by atoms with Crippen LogP contribution in [0.25, 0.3) is 11.1 Å². The summed E-state index contributed by atoms with van der Waals surface area (Å²) in [7, 11) is 0. The maximum Gasteiger partial charge on any atom is 0.407 e. The minimum Gasteiger partial charge on any atom is -0.449 e. The largest absolute Gasteiger partial charge is 0.449 e. The smallest absolute Gasteiger partial charge is 0.407 e. The molecule has 7 aromatic carbocycles. The number of rotatable bonds is 21. The molecule has 9 nitrogen and oxygen atoms in total. The molecule has 1 aliphatic rings. The Labute approximate surface area is 400 Å². The van der Waals surface area contributed by atoms with Crippen molar-refractivity contribution in [2.75, 3.05) is 32.9 Å². The van der Waals surface area contributed by atoms with E-state index >= 15 is 9.59 Å². The van der Waals surface area contributed by atoms with Crippen molar-refractivity contribution in [2.24, 2.45) is 0 Å². The minimum atomic E-state index is -1.35. The molecule has 7 aromatic rings. The Morgan fingerprint density at radius 3 is 1.46 bits per heavy atom. The summed E-state index contributed by atoms with van der Waals surface area (Å²) in [6.45, 7) is 4.82. The summed E-state index contributed by atoms with van der Waals surface area (Å²) in [5.74, 6) is -1.21. The van der Waals surface area contributed by atoms with Crippen LogP contribution in [0.15, 0.2) is 200 Å². The van der Waals surface area contributed by atoms with E-state index in [1.807, 2.05) is 166 Å². The highest BCUT2D eigenvalue weighted by molar-refractivity contribution is 5.92. The van der Waals surface area contributed by atoms with Crippen LogP contribution in [0.1, 0.15) is 77.5 Å². The van der Waals surface area contributed by atoms with E-state index in [1.54, 1.807) is 4.90 Å². The third-order valence-corrected chi connectivity index (χ3v) is 12.7. The summed E-state index contributed by atoms with van der Waals surface area (Å²) >= 11 is 0. The van der Waals surface area contributed by atoms with E-state index in [1.165, 1.54) is 0 Å². The topological polar surface area (TPSA) is 106 Å². The normalized spacial score (nSPS) is 12.5. The summed E-state index contributed by atoms with van der Waals surface area (Å²) < 4.78 is 18.1. The minimum absolute atomic E-state index is 0.0302. The lowest BCUT2D eigenvalue weighted by atomic mass is 9.77. The second-order valence-corrected chi connectivity index (χ2v) is 16.9. The molecule has 0 aromatic heterocycles. The molecule has 0 aliphatic heterocycles. The highest BCUT2D eigenvalue weighted by atomic mass is 16.7. The zero-order chi connectivity index (χ0) is 47.1. The van der Waals surface area contributed by atoms with Gasteiger partial charge in [-0.2, -0.15) is 0 Å². The van der Waals surface area contributed by atoms with E-state index in [0.717, 1.165) is 50.1 Å². The molecule has 0 fully saturated rings. The van der Waals surface area contributed by atoms with Gasteiger partial charge in [0.05, 0.1) is 13.0 Å². The van der Waals surface area contributed by atoms with Crippen molar-refractivity contribution in [3.8, 4) is 11.1 Å². The van der Waals surface area contributed by atoms with Crippen molar-refractivity contribution in [2.45, 2.75) is 56.4 Å². The number of benzene rings is 7. The van der Waals surface area contributed by atoms with Gasteiger partial charge in [0.15, 0.2) is 6.29 Å². The van der Waals surface area contributed by atoms with Gasteiger partial charge >= 0.3 is 6.09 Å². The van der Waals surface area contributed by atoms with Gasteiger partial charge in [0, 0.05) is 31.6 Å². The summed E-state index contributed by atoms with van der Waals surface area (Å²) in [4.78, 5) is 46.5. The van der Waals surface area contributed by atoms with E-state index in [4.69, 9.17) is 14.2 Å². The van der Waals surface area contributed by atoms with Crippen molar-refractivity contribution in [3.05, 3.63) is 239 Å². The van der Waals surface area contributed by atoms with Crippen LogP contribution in [-0.4, -0.2) is 68.0 Å². The molecule has 2 N–H and O–H groups in total. The second kappa shape index (κ2) is 22.9. The number of carbonyl (C=O) groups excluding carboxylic acids is 3. The molecular formula is C59H59N3O6. The molecule has 1 aliphatic carbocycles. The fourth-order valence-electron chi connectivity index (χ4n) is 9.61. The van der Waals surface area contributed by atoms with Gasteiger partial charge in [0.2, 0.25) is 11.8 Å². The predicted octanol–water partition coefficient (Wildman–Crippen LogP) is 10.8. The Morgan fingerprint density at radius 1 is 0.574 bits per heavy atom. The van der Waals surface area contributed by atoms with E-state index in [9.17, 15) is 4.79 Å². The van der Waals surface area contributed by atoms with Crippen LogP contribution in [0.2, 0.25) is 0 Å². The van der Waals surface area contributed by atoms with Gasteiger partial charge in [-0.05, 0) is 70.3 Å². The monoisotopic (exact) mass is 905 g/mol. The SMILES string of the molecule is CCOC(CN(CCC(c1ccccc1)c1ccccc1)C(=O)[C@H](CC(=O)NC(c1ccccc1)(c1ccccc1)c1ccccc1)NC(=O)OCC1c2ccccc2-c2ccccc21)OCC. The van der Waals surface area contributed by atoms with Crippen molar-refractivity contribution in [3.63, 3.8) is 0 Å². The summed E-state index contributed by atoms with van der Waals surface area (Å²) in [6, 6.07) is 64.7. The average Bonchev–Trinajstić information content (AvgIpc) is 3.71. The van der Waals surface area contributed by atoms with Gasteiger partial charge in [-0.25, -0.2) is 4.79 Å². The first-order valence-electron chi connectivity index (χ1n) is 23.6. The Morgan fingerprint density at radius 2 is 1.00 bits per heavy atom. The van der Waals surface area contributed by atoms with Crippen LogP contribution < -0.4 is 10.6 Å². The van der Waals surface area contributed by atoms with Crippen LogP contribution in [-0.2, 0) is 29.3 Å². The van der Waals surface area contributed by atoms with Crippen molar-refractivity contribution < 1.29 is 28.6 Å². The Balaban J connectivity index is 1.14. The number of nitrogens with zero attached hydrogens (tertiary/aromatic N) is 1. The van der Waals surface area contributed by atoms with Gasteiger partial charge in [0.1, 0.15) is 18.2 Å². The first kappa shape index (κ1) is 47.2. The number of hydrogen-bond donors (Lipinski definition) is 2. The first-order chi connectivity index (χ1) is 33.4. The zero-order valence-electron chi connectivity index (χ0n) is 38.7. The predicted molar refractivity (Wildman–Crippen MR) is 267 cm³/mol. The van der Waals surface area contributed by atoms with Crippen LogP contribution >= 0.6 is 0 Å². The molecule has 0 bridgehead atoms. The number of ether oxygens (including phenoxy) is 3. The first-order valence-corrected chi connectivity index (χ1v) is 23.6. The molecule has 0 unspecified atom stereocenters. The molecule has 8 rings (SSSR count). The van der Waals surface area contributed by atoms with Crippen molar-refractivity contribution in [1.82, 2.24) is 15.5 Å². The Hall–Kier alpha value is -7.33. The van der Waals surface area contributed by atoms with Crippen molar-refractivity contribution in [1.29, 1.82) is 0 Å². The third kappa shape index (κ3) is 10.9. The molecule has 0 spiro atoms. The lowest BCUT2D eigenvalue weighted by Gasteiger charge is -2.37. The average molecular weight is 906 g/mol. The fourth-order valence-corrected chi connectivity index (χ4v) is 9.61. The van der Waals surface area contributed by atoms with Gasteiger partial charge in [-0.1, -0.05) is 200 Å². The summed E-state index contributed by atoms with van der Waals surface area (Å²) in [5.41, 5.74) is 7.82. The van der Waals surface area contributed by atoms with Crippen LogP contribution in [0.4, 0.5) is 4.79 Å². The molecule has 0 saturated heterocycles. The zero-order valence-corrected chi connectivity index (χ0v) is 38.7. The molecule has 0 heterocycles. The molecule has 3 amide bonds. The van der Waals surface area contributed by atoms with E-state index in [2.05, 4.69) is 59.2 Å². The summed E-state index contributed by atoms with van der Waals surface area (Å²) in [6.07, 6.45) is -1.43. The Kier molecular flexibility index (Phi) is 15.9. The number of fused-ring (bicyclic) bond motifs is 3. The number of hydrogen-bond acceptors (Lipinski definition) is 6. The highest BCUT2D eigenvalue weighted by Gasteiger charge is 2.40. The van der Waals surface area contributed by atoms with Crippen LogP contribution in [0.3, 0.4) is 0 Å². The maximum absolute atomic E-state index is 15.5. The van der Waals surface area contributed by atoms with Gasteiger partial charge in [0.25, 0.3) is 0 Å². The van der Waals surface area contributed by atoms with Crippen molar-refractivity contribution >= 4 is 17.9 Å². The number of amides is 3. The van der Waals surface area contributed by atoms with Gasteiger partial charge in [-0.3, -0.25) is 9.59 Å². The summed E-state index contributed by atoms with van der Waals surface area (Å²) in [5, 5.41) is 6.30. The number of nitrogens with one attached hydrogen (secondary N) is 2. The number of alkyl carbamates (subject to hydrolysis) is 1. The molecule has 1 atom stereocenters. The Bertz CT molecular complexity index is 2510. The molecule has 9 heteroatoms. The molecular weight excluding hydrogens is 847 g/mol.